The van der Waals surface area contributed by atoms with E-state index in [1.54, 1.807) is 19.4 Å². The van der Waals surface area contributed by atoms with Gasteiger partial charge in [0.2, 0.25) is 5.43 Å². The van der Waals surface area contributed by atoms with Crippen LogP contribution in [0.1, 0.15) is 12.1 Å². The Kier molecular flexibility index (Phi) is 6.49. The van der Waals surface area contributed by atoms with Gasteiger partial charge >= 0.3 is 0 Å². The van der Waals surface area contributed by atoms with Crippen LogP contribution in [0.4, 0.5) is 0 Å². The molecule has 128 valence electrons. The van der Waals surface area contributed by atoms with Crippen LogP contribution in [0.3, 0.4) is 0 Å². The summed E-state index contributed by atoms with van der Waals surface area (Å²) in [7, 11) is 1.63. The minimum Gasteiger partial charge on any atom is -0.497 e. The molecule has 0 aliphatic rings. The third-order valence-corrected chi connectivity index (χ3v) is 3.62. The zero-order valence-corrected chi connectivity index (χ0v) is 14.2. The maximum atomic E-state index is 11.9. The summed E-state index contributed by atoms with van der Waals surface area (Å²) in [6.45, 7) is 7.08. The Morgan fingerprint density at radius 1 is 1.08 bits per heavy atom. The molecule has 1 aromatic carbocycles. The first-order valence-corrected chi connectivity index (χ1v) is 7.86. The Hall–Kier alpha value is -2.69. The van der Waals surface area contributed by atoms with Crippen LogP contribution in [0.5, 0.6) is 17.2 Å². The summed E-state index contributed by atoms with van der Waals surface area (Å²) in [6.07, 6.45) is 4.23. The lowest BCUT2D eigenvalue weighted by molar-refractivity contribution is 0.289. The van der Waals surface area contributed by atoms with Crippen LogP contribution in [-0.2, 0) is 6.54 Å². The van der Waals surface area contributed by atoms with Gasteiger partial charge in [0, 0.05) is 12.3 Å². The van der Waals surface area contributed by atoms with E-state index in [1.807, 2.05) is 35.8 Å². The molecule has 0 N–H and O–H groups in total. The number of pyridine rings is 1. The molecule has 0 aliphatic carbocycles. The van der Waals surface area contributed by atoms with E-state index in [0.29, 0.717) is 31.9 Å². The maximum Gasteiger partial charge on any atom is 0.223 e. The third-order valence-electron chi connectivity index (χ3n) is 3.62. The average Bonchev–Trinajstić information content (AvgIpc) is 2.60. The van der Waals surface area contributed by atoms with Crippen LogP contribution < -0.4 is 19.6 Å². The molecule has 1 aromatic heterocycles. The predicted molar refractivity (Wildman–Crippen MR) is 94.2 cm³/mol. The van der Waals surface area contributed by atoms with Gasteiger partial charge in [0.1, 0.15) is 18.1 Å². The number of rotatable bonds is 9. The minimum absolute atomic E-state index is 0.108. The summed E-state index contributed by atoms with van der Waals surface area (Å²) in [5.74, 6) is 1.96. The lowest BCUT2D eigenvalue weighted by atomic mass is 10.3. The maximum absolute atomic E-state index is 11.9. The molecule has 0 unspecified atom stereocenters. The second kappa shape index (κ2) is 8.82. The zero-order chi connectivity index (χ0) is 17.4. The molecule has 0 saturated carbocycles. The molecule has 24 heavy (non-hydrogen) atoms. The van der Waals surface area contributed by atoms with Gasteiger partial charge in [-0.05, 0) is 37.6 Å². The molecular formula is C19H23NO4. The van der Waals surface area contributed by atoms with Gasteiger partial charge in [-0.2, -0.15) is 0 Å². The largest absolute Gasteiger partial charge is 0.497 e. The summed E-state index contributed by atoms with van der Waals surface area (Å²) >= 11 is 0. The molecule has 0 aliphatic heterocycles. The quantitative estimate of drug-likeness (QED) is 0.524. The third kappa shape index (κ3) is 4.65. The standard InChI is InChI=1S/C19H23NO4/c1-4-5-13-24-19-15(2)20(11-10-18(19)21)12-14-23-17-8-6-16(22-3)7-9-17/h4,6-11H,1,5,12-14H2,2-3H3. The first-order chi connectivity index (χ1) is 11.7. The fraction of sp³-hybridized carbons (Fsp3) is 0.316. The molecule has 0 bridgehead atoms. The highest BCUT2D eigenvalue weighted by Crippen LogP contribution is 2.17. The topological polar surface area (TPSA) is 49.7 Å². The van der Waals surface area contributed by atoms with E-state index in [0.717, 1.165) is 17.2 Å². The van der Waals surface area contributed by atoms with E-state index >= 15 is 0 Å². The van der Waals surface area contributed by atoms with E-state index in [4.69, 9.17) is 14.2 Å². The van der Waals surface area contributed by atoms with Crippen molar-refractivity contribution >= 4 is 0 Å². The van der Waals surface area contributed by atoms with E-state index < -0.39 is 0 Å². The van der Waals surface area contributed by atoms with Crippen molar-refractivity contribution in [3.63, 3.8) is 0 Å². The molecule has 5 nitrogen and oxygen atoms in total. The van der Waals surface area contributed by atoms with E-state index in [2.05, 4.69) is 6.58 Å². The Morgan fingerprint density at radius 3 is 2.46 bits per heavy atom. The summed E-state index contributed by atoms with van der Waals surface area (Å²) in [4.78, 5) is 11.9. The first-order valence-electron chi connectivity index (χ1n) is 7.86. The Labute approximate surface area is 142 Å². The minimum atomic E-state index is -0.108. The second-order valence-electron chi connectivity index (χ2n) is 5.24. The molecule has 5 heteroatoms. The fourth-order valence-corrected chi connectivity index (χ4v) is 2.25. The van der Waals surface area contributed by atoms with Gasteiger partial charge in [-0.25, -0.2) is 0 Å². The smallest absolute Gasteiger partial charge is 0.223 e. The Morgan fingerprint density at radius 2 is 1.79 bits per heavy atom. The first kappa shape index (κ1) is 17.7. The number of hydrogen-bond acceptors (Lipinski definition) is 4. The van der Waals surface area contributed by atoms with E-state index in [9.17, 15) is 4.79 Å². The summed E-state index contributed by atoms with van der Waals surface area (Å²) in [5, 5.41) is 0. The van der Waals surface area contributed by atoms with Gasteiger partial charge in [-0.3, -0.25) is 4.79 Å². The second-order valence-corrected chi connectivity index (χ2v) is 5.24. The number of methoxy groups -OCH3 is 1. The van der Waals surface area contributed by atoms with Gasteiger partial charge in [0.15, 0.2) is 5.75 Å². The molecule has 1 heterocycles. The fourth-order valence-electron chi connectivity index (χ4n) is 2.25. The molecular weight excluding hydrogens is 306 g/mol. The Balaban J connectivity index is 1.97. The van der Waals surface area contributed by atoms with Crippen molar-refractivity contribution in [3.05, 3.63) is 65.1 Å². The number of ether oxygens (including phenoxy) is 3. The van der Waals surface area contributed by atoms with Crippen LogP contribution in [0, 0.1) is 6.92 Å². The van der Waals surface area contributed by atoms with Gasteiger partial charge in [0.25, 0.3) is 0 Å². The van der Waals surface area contributed by atoms with Gasteiger partial charge in [-0.1, -0.05) is 6.08 Å². The number of aromatic nitrogens is 1. The van der Waals surface area contributed by atoms with Crippen LogP contribution >= 0.6 is 0 Å². The van der Waals surface area contributed by atoms with Gasteiger partial charge < -0.3 is 18.8 Å². The molecule has 0 radical (unpaired) electrons. The van der Waals surface area contributed by atoms with Crippen molar-refractivity contribution in [2.45, 2.75) is 19.9 Å². The van der Waals surface area contributed by atoms with Crippen molar-refractivity contribution in [1.82, 2.24) is 4.57 Å². The highest BCUT2D eigenvalue weighted by Gasteiger charge is 2.08. The summed E-state index contributed by atoms with van der Waals surface area (Å²) in [5.41, 5.74) is 0.689. The average molecular weight is 329 g/mol. The summed E-state index contributed by atoms with van der Waals surface area (Å²) < 4.78 is 18.4. The van der Waals surface area contributed by atoms with Crippen LogP contribution in [0.25, 0.3) is 0 Å². The highest BCUT2D eigenvalue weighted by atomic mass is 16.5. The molecule has 0 fully saturated rings. The Bertz CT molecular complexity index is 719. The SMILES string of the molecule is C=CCCOc1c(C)n(CCOc2ccc(OC)cc2)ccc1=O. The van der Waals surface area contributed by atoms with Gasteiger partial charge in [0.05, 0.1) is 26.0 Å². The molecule has 0 saturated heterocycles. The van der Waals surface area contributed by atoms with Crippen molar-refractivity contribution in [2.24, 2.45) is 0 Å². The van der Waals surface area contributed by atoms with Crippen molar-refractivity contribution in [2.75, 3.05) is 20.3 Å². The normalized spacial score (nSPS) is 10.2. The number of hydrogen-bond donors (Lipinski definition) is 0. The predicted octanol–water partition coefficient (Wildman–Crippen LogP) is 3.20. The van der Waals surface area contributed by atoms with Crippen LogP contribution in [-0.4, -0.2) is 24.9 Å². The lowest BCUT2D eigenvalue weighted by Crippen LogP contribution is -2.17. The zero-order valence-electron chi connectivity index (χ0n) is 14.2. The monoisotopic (exact) mass is 329 g/mol. The van der Waals surface area contributed by atoms with Crippen molar-refractivity contribution < 1.29 is 14.2 Å². The number of nitrogens with zero attached hydrogens (tertiary/aromatic N) is 1. The molecule has 0 amide bonds. The molecule has 0 atom stereocenters. The lowest BCUT2D eigenvalue weighted by Gasteiger charge is -2.15. The van der Waals surface area contributed by atoms with Crippen molar-refractivity contribution in [1.29, 1.82) is 0 Å². The van der Waals surface area contributed by atoms with E-state index in [-0.39, 0.29) is 5.43 Å². The highest BCUT2D eigenvalue weighted by molar-refractivity contribution is 5.31. The van der Waals surface area contributed by atoms with Crippen molar-refractivity contribution in [3.8, 4) is 17.2 Å². The van der Waals surface area contributed by atoms with Gasteiger partial charge in [-0.15, -0.1) is 6.58 Å². The summed E-state index contributed by atoms with van der Waals surface area (Å²) in [6, 6.07) is 8.95. The van der Waals surface area contributed by atoms with Crippen LogP contribution in [0.2, 0.25) is 0 Å². The molecule has 0 spiro atoms. The molecule has 2 aromatic rings. The molecule has 2 rings (SSSR count). The van der Waals surface area contributed by atoms with Crippen LogP contribution in [0.15, 0.2) is 54.0 Å². The van der Waals surface area contributed by atoms with E-state index in [1.165, 1.54) is 6.07 Å². The number of benzene rings is 1.